The summed E-state index contributed by atoms with van der Waals surface area (Å²) in [5.74, 6) is 0.894. The second kappa shape index (κ2) is 12.4. The Bertz CT molecular complexity index is 923. The number of aliphatic imine (C=N–C) groups is 2. The van der Waals surface area contributed by atoms with Gasteiger partial charge in [-0.05, 0) is 59.1 Å². The molecular formula is C28H40N2O2S2. The van der Waals surface area contributed by atoms with E-state index in [1.807, 2.05) is 0 Å². The number of nitrogens with zero attached hydrogens (tertiary/aromatic N) is 2. The Balaban J connectivity index is 1.81. The van der Waals surface area contributed by atoms with Gasteiger partial charge in [0.05, 0.1) is 11.5 Å². The van der Waals surface area contributed by atoms with Crippen molar-refractivity contribution in [1.82, 2.24) is 0 Å². The predicted octanol–water partition coefficient (Wildman–Crippen LogP) is 6.45. The zero-order chi connectivity index (χ0) is 25.5. The molecule has 2 rings (SSSR count). The van der Waals surface area contributed by atoms with E-state index in [0.29, 0.717) is 11.5 Å². The first-order valence-electron chi connectivity index (χ1n) is 11.7. The van der Waals surface area contributed by atoms with Crippen molar-refractivity contribution in [2.45, 2.75) is 78.7 Å². The lowest BCUT2D eigenvalue weighted by atomic mass is 9.85. The van der Waals surface area contributed by atoms with Crippen molar-refractivity contribution in [2.24, 2.45) is 9.98 Å². The quantitative estimate of drug-likeness (QED) is 0.236. The van der Waals surface area contributed by atoms with Crippen LogP contribution < -0.4 is 0 Å². The molecule has 0 aliphatic heterocycles. The van der Waals surface area contributed by atoms with Gasteiger partial charge in [-0.3, -0.25) is 9.98 Å². The van der Waals surface area contributed by atoms with Gasteiger partial charge in [-0.15, -0.1) is 0 Å². The molecule has 0 heterocycles. The highest BCUT2D eigenvalue weighted by molar-refractivity contribution is 8.76. The molecule has 0 saturated heterocycles. The molecule has 0 aliphatic rings. The van der Waals surface area contributed by atoms with E-state index >= 15 is 0 Å². The van der Waals surface area contributed by atoms with Crippen LogP contribution in [0.4, 0.5) is 0 Å². The molecular weight excluding hydrogens is 460 g/mol. The predicted molar refractivity (Wildman–Crippen MR) is 152 cm³/mol. The minimum Gasteiger partial charge on any atom is -0.371 e. The lowest BCUT2D eigenvalue weighted by molar-refractivity contribution is 0.210. The van der Waals surface area contributed by atoms with E-state index in [9.17, 15) is 10.2 Å². The zero-order valence-corrected chi connectivity index (χ0v) is 23.4. The highest BCUT2D eigenvalue weighted by atomic mass is 33.1. The van der Waals surface area contributed by atoms with Crippen molar-refractivity contribution >= 4 is 34.0 Å². The van der Waals surface area contributed by atoms with Gasteiger partial charge in [0.1, 0.15) is 0 Å². The van der Waals surface area contributed by atoms with Gasteiger partial charge in [0.25, 0.3) is 0 Å². The molecule has 0 amide bonds. The van der Waals surface area contributed by atoms with E-state index in [1.165, 1.54) is 43.8 Å². The molecule has 4 nitrogen and oxygen atoms in total. The zero-order valence-electron chi connectivity index (χ0n) is 21.8. The molecule has 0 spiro atoms. The summed E-state index contributed by atoms with van der Waals surface area (Å²) >= 11 is 0. The Morgan fingerprint density at radius 3 is 1.35 bits per heavy atom. The molecule has 0 bridgehead atoms. The van der Waals surface area contributed by atoms with Crippen molar-refractivity contribution < 1.29 is 10.2 Å². The van der Waals surface area contributed by atoms with Gasteiger partial charge < -0.3 is 10.2 Å². The summed E-state index contributed by atoms with van der Waals surface area (Å²) in [6.45, 7) is 17.3. The summed E-state index contributed by atoms with van der Waals surface area (Å²) in [7, 11) is 2.97. The first kappa shape index (κ1) is 28.6. The highest BCUT2D eigenvalue weighted by Gasteiger charge is 2.15. The first-order valence-corrected chi connectivity index (χ1v) is 14.1. The molecule has 2 atom stereocenters. The molecule has 34 heavy (non-hydrogen) atoms. The fraction of sp³-hybridized carbons (Fsp3) is 0.500. The Hall–Kier alpha value is -1.60. The summed E-state index contributed by atoms with van der Waals surface area (Å²) < 4.78 is 0. The van der Waals surface area contributed by atoms with Crippen LogP contribution in [-0.4, -0.2) is 46.6 Å². The van der Waals surface area contributed by atoms with Crippen LogP contribution in [-0.2, 0) is 10.8 Å². The van der Waals surface area contributed by atoms with Crippen molar-refractivity contribution in [1.29, 1.82) is 0 Å². The van der Waals surface area contributed by atoms with Crippen LogP contribution in [0.25, 0.3) is 0 Å². The average molecular weight is 501 g/mol. The molecule has 0 saturated carbocycles. The fourth-order valence-electron chi connectivity index (χ4n) is 3.29. The number of aliphatic hydroxyl groups is 2. The molecule has 0 aliphatic carbocycles. The SMILES string of the molecule is Cc1cc(C=NC(O)CSSCC(O)N=Cc2cc(C)cc(C(C)(C)C)c2)cc(C(C)(C)C)c1. The van der Waals surface area contributed by atoms with Crippen LogP contribution >= 0.6 is 21.6 Å². The molecule has 2 N–H and O–H groups in total. The summed E-state index contributed by atoms with van der Waals surface area (Å²) in [6.07, 6.45) is 1.90. The van der Waals surface area contributed by atoms with E-state index in [4.69, 9.17) is 0 Å². The monoisotopic (exact) mass is 500 g/mol. The molecule has 6 heteroatoms. The van der Waals surface area contributed by atoms with Crippen molar-refractivity contribution in [3.8, 4) is 0 Å². The third-order valence-corrected chi connectivity index (χ3v) is 7.59. The largest absolute Gasteiger partial charge is 0.371 e. The molecule has 186 valence electrons. The average Bonchev–Trinajstić information content (AvgIpc) is 2.72. The maximum atomic E-state index is 10.2. The van der Waals surface area contributed by atoms with Gasteiger partial charge in [0, 0.05) is 12.4 Å². The van der Waals surface area contributed by atoms with Crippen LogP contribution in [0.1, 0.15) is 74.9 Å². The second-order valence-corrected chi connectivity index (χ2v) is 13.4. The van der Waals surface area contributed by atoms with Gasteiger partial charge >= 0.3 is 0 Å². The normalized spacial score (nSPS) is 14.8. The van der Waals surface area contributed by atoms with Crippen LogP contribution in [0.2, 0.25) is 0 Å². The topological polar surface area (TPSA) is 65.2 Å². The third-order valence-electron chi connectivity index (χ3n) is 5.24. The number of benzene rings is 2. The Labute approximate surface area is 213 Å². The third kappa shape index (κ3) is 9.95. The van der Waals surface area contributed by atoms with Crippen LogP contribution in [0.15, 0.2) is 46.4 Å². The molecule has 0 radical (unpaired) electrons. The van der Waals surface area contributed by atoms with Gasteiger partial charge in [0.2, 0.25) is 0 Å². The highest BCUT2D eigenvalue weighted by Crippen LogP contribution is 2.26. The fourth-order valence-corrected chi connectivity index (χ4v) is 5.20. The van der Waals surface area contributed by atoms with Crippen molar-refractivity contribution in [3.05, 3.63) is 69.8 Å². The standard InChI is InChI=1S/C28H40N2O2S2/c1-19-9-21(13-23(11-19)27(3,4)5)15-29-25(31)17-33-34-18-26(32)30-16-22-10-20(2)12-24(14-22)28(6,7)8/h9-16,25-26,31-32H,17-18H2,1-8H3. The Morgan fingerprint density at radius 1 is 0.676 bits per heavy atom. The maximum Gasteiger partial charge on any atom is 0.154 e. The van der Waals surface area contributed by atoms with E-state index in [2.05, 4.69) is 102 Å². The van der Waals surface area contributed by atoms with Crippen LogP contribution in [0.5, 0.6) is 0 Å². The van der Waals surface area contributed by atoms with E-state index in [-0.39, 0.29) is 10.8 Å². The minimum atomic E-state index is -0.792. The summed E-state index contributed by atoms with van der Waals surface area (Å²) in [4.78, 5) is 8.58. The van der Waals surface area contributed by atoms with Crippen LogP contribution in [0.3, 0.4) is 0 Å². The Morgan fingerprint density at radius 2 is 1.03 bits per heavy atom. The second-order valence-electron chi connectivity index (χ2n) is 10.9. The van der Waals surface area contributed by atoms with Gasteiger partial charge in [-0.2, -0.15) is 0 Å². The lowest BCUT2D eigenvalue weighted by Crippen LogP contribution is -2.12. The van der Waals surface area contributed by atoms with Crippen molar-refractivity contribution in [3.63, 3.8) is 0 Å². The van der Waals surface area contributed by atoms with E-state index < -0.39 is 12.5 Å². The molecule has 0 fully saturated rings. The van der Waals surface area contributed by atoms with Crippen LogP contribution in [0, 0.1) is 13.8 Å². The first-order chi connectivity index (χ1) is 15.7. The Kier molecular flexibility index (Phi) is 10.4. The summed E-state index contributed by atoms with van der Waals surface area (Å²) in [5, 5.41) is 20.4. The van der Waals surface area contributed by atoms with E-state index in [1.54, 1.807) is 12.4 Å². The number of hydrogen-bond donors (Lipinski definition) is 2. The summed E-state index contributed by atoms with van der Waals surface area (Å²) in [6, 6.07) is 12.8. The summed E-state index contributed by atoms with van der Waals surface area (Å²) in [5.41, 5.74) is 7.00. The van der Waals surface area contributed by atoms with Crippen molar-refractivity contribution in [2.75, 3.05) is 11.5 Å². The molecule has 0 aromatic heterocycles. The smallest absolute Gasteiger partial charge is 0.154 e. The molecule has 2 aromatic carbocycles. The number of hydrogen-bond acceptors (Lipinski definition) is 6. The number of rotatable bonds is 9. The van der Waals surface area contributed by atoms with E-state index in [0.717, 1.165) is 11.1 Å². The maximum absolute atomic E-state index is 10.2. The van der Waals surface area contributed by atoms with Gasteiger partial charge in [-0.1, -0.05) is 98.5 Å². The minimum absolute atomic E-state index is 0.0667. The van der Waals surface area contributed by atoms with Gasteiger partial charge in [0.15, 0.2) is 12.5 Å². The molecule has 2 unspecified atom stereocenters. The number of aryl methyl sites for hydroxylation is 2. The van der Waals surface area contributed by atoms with Gasteiger partial charge in [-0.25, -0.2) is 0 Å². The lowest BCUT2D eigenvalue weighted by Gasteiger charge is -2.20. The molecule has 2 aromatic rings. The number of aliphatic hydroxyl groups excluding tert-OH is 2.